The zero-order chi connectivity index (χ0) is 16.7. The number of hydrogen-bond donors (Lipinski definition) is 0. The molecule has 4 heteroatoms. The van der Waals surface area contributed by atoms with Crippen LogP contribution in [0, 0.1) is 18.8 Å². The van der Waals surface area contributed by atoms with Crippen LogP contribution in [0.2, 0.25) is 0 Å². The molecule has 122 valence electrons. The zero-order valence-electron chi connectivity index (χ0n) is 14.3. The van der Waals surface area contributed by atoms with Gasteiger partial charge in [-0.25, -0.2) is 0 Å². The number of ether oxygens (including phenoxy) is 1. The van der Waals surface area contributed by atoms with E-state index in [1.54, 1.807) is 11.8 Å². The Morgan fingerprint density at radius 3 is 2.23 bits per heavy atom. The molecular formula is C18H27NO3. The van der Waals surface area contributed by atoms with E-state index < -0.39 is 0 Å². The van der Waals surface area contributed by atoms with Crippen molar-refractivity contribution >= 4 is 11.9 Å². The van der Waals surface area contributed by atoms with Crippen LogP contribution in [0.4, 0.5) is 0 Å². The van der Waals surface area contributed by atoms with Crippen LogP contribution < -0.4 is 0 Å². The molecule has 4 nitrogen and oxygen atoms in total. The van der Waals surface area contributed by atoms with E-state index in [4.69, 9.17) is 4.74 Å². The fourth-order valence-corrected chi connectivity index (χ4v) is 2.17. The average molecular weight is 305 g/mol. The second-order valence-corrected chi connectivity index (χ2v) is 6.22. The highest BCUT2D eigenvalue weighted by Crippen LogP contribution is 2.12. The number of nitrogens with zero attached hydrogens (tertiary/aromatic N) is 1. The molecule has 0 aliphatic rings. The van der Waals surface area contributed by atoms with E-state index in [9.17, 15) is 9.59 Å². The highest BCUT2D eigenvalue weighted by molar-refractivity contribution is 5.94. The number of aryl methyl sites for hydroxylation is 1. The maximum Gasteiger partial charge on any atom is 0.310 e. The number of benzene rings is 1. The third-order valence-electron chi connectivity index (χ3n) is 3.66. The third-order valence-corrected chi connectivity index (χ3v) is 3.66. The molecule has 0 fully saturated rings. The molecule has 1 amide bonds. The SMILES string of the molecule is COC(=O)C(C)CN(CCC(C)C)C(=O)c1ccc(C)cc1. The minimum atomic E-state index is -0.327. The number of methoxy groups -OCH3 is 1. The number of carbonyl (C=O) groups excluding carboxylic acids is 2. The second kappa shape index (κ2) is 8.57. The van der Waals surface area contributed by atoms with E-state index in [0.717, 1.165) is 12.0 Å². The van der Waals surface area contributed by atoms with Gasteiger partial charge >= 0.3 is 5.97 Å². The number of amides is 1. The minimum absolute atomic E-state index is 0.0311. The number of esters is 1. The van der Waals surface area contributed by atoms with Crippen LogP contribution in [-0.4, -0.2) is 37.0 Å². The zero-order valence-corrected chi connectivity index (χ0v) is 14.3. The molecule has 1 atom stereocenters. The molecule has 0 saturated heterocycles. The van der Waals surface area contributed by atoms with Gasteiger partial charge in [-0.05, 0) is 31.4 Å². The van der Waals surface area contributed by atoms with E-state index in [2.05, 4.69) is 13.8 Å². The summed E-state index contributed by atoms with van der Waals surface area (Å²) in [6, 6.07) is 7.53. The van der Waals surface area contributed by atoms with E-state index in [1.807, 2.05) is 31.2 Å². The van der Waals surface area contributed by atoms with E-state index >= 15 is 0 Å². The first kappa shape index (κ1) is 18.2. The largest absolute Gasteiger partial charge is 0.469 e. The number of hydrogen-bond acceptors (Lipinski definition) is 3. The van der Waals surface area contributed by atoms with E-state index in [-0.39, 0.29) is 17.8 Å². The molecule has 1 aromatic carbocycles. The molecule has 0 bridgehead atoms. The van der Waals surface area contributed by atoms with Gasteiger partial charge < -0.3 is 9.64 Å². The lowest BCUT2D eigenvalue weighted by atomic mass is 10.1. The van der Waals surface area contributed by atoms with Crippen LogP contribution in [0.1, 0.15) is 43.1 Å². The van der Waals surface area contributed by atoms with E-state index in [1.165, 1.54) is 7.11 Å². The maximum atomic E-state index is 12.7. The van der Waals surface area contributed by atoms with Gasteiger partial charge in [-0.15, -0.1) is 0 Å². The summed E-state index contributed by atoms with van der Waals surface area (Å²) in [4.78, 5) is 26.1. The molecule has 0 spiro atoms. The molecule has 0 aliphatic heterocycles. The van der Waals surface area contributed by atoms with Crippen molar-refractivity contribution in [3.63, 3.8) is 0 Å². The highest BCUT2D eigenvalue weighted by atomic mass is 16.5. The van der Waals surface area contributed by atoms with Gasteiger partial charge in [-0.2, -0.15) is 0 Å². The second-order valence-electron chi connectivity index (χ2n) is 6.22. The van der Waals surface area contributed by atoms with Crippen LogP contribution in [0.15, 0.2) is 24.3 Å². The van der Waals surface area contributed by atoms with Crippen LogP contribution in [0.5, 0.6) is 0 Å². The van der Waals surface area contributed by atoms with E-state index in [0.29, 0.717) is 24.6 Å². The molecule has 0 N–H and O–H groups in total. The lowest BCUT2D eigenvalue weighted by Gasteiger charge is -2.26. The fraction of sp³-hybridized carbons (Fsp3) is 0.556. The Morgan fingerprint density at radius 1 is 1.14 bits per heavy atom. The van der Waals surface area contributed by atoms with Crippen LogP contribution in [-0.2, 0) is 9.53 Å². The van der Waals surface area contributed by atoms with Crippen molar-refractivity contribution < 1.29 is 14.3 Å². The monoisotopic (exact) mass is 305 g/mol. The molecule has 22 heavy (non-hydrogen) atoms. The van der Waals surface area contributed by atoms with Crippen LogP contribution >= 0.6 is 0 Å². The van der Waals surface area contributed by atoms with Gasteiger partial charge in [0.05, 0.1) is 13.0 Å². The predicted molar refractivity (Wildman–Crippen MR) is 87.7 cm³/mol. The molecule has 0 radical (unpaired) electrons. The minimum Gasteiger partial charge on any atom is -0.469 e. The molecule has 1 unspecified atom stereocenters. The average Bonchev–Trinajstić information content (AvgIpc) is 2.50. The first-order valence-corrected chi connectivity index (χ1v) is 7.79. The summed E-state index contributed by atoms with van der Waals surface area (Å²) in [5.74, 6) is -0.143. The molecule has 0 aromatic heterocycles. The van der Waals surface area contributed by atoms with Crippen LogP contribution in [0.3, 0.4) is 0 Å². The summed E-state index contributed by atoms with van der Waals surface area (Å²) < 4.78 is 4.76. The van der Waals surface area contributed by atoms with Crippen molar-refractivity contribution in [3.8, 4) is 0 Å². The normalized spacial score (nSPS) is 12.1. The molecule has 0 heterocycles. The quantitative estimate of drug-likeness (QED) is 0.726. The smallest absolute Gasteiger partial charge is 0.310 e. The van der Waals surface area contributed by atoms with Crippen molar-refractivity contribution in [1.29, 1.82) is 0 Å². The summed E-state index contributed by atoms with van der Waals surface area (Å²) in [6.45, 7) is 9.05. The third kappa shape index (κ3) is 5.51. The Labute approximate surface area is 133 Å². The summed E-state index contributed by atoms with van der Waals surface area (Å²) in [7, 11) is 1.37. The topological polar surface area (TPSA) is 46.6 Å². The first-order chi connectivity index (χ1) is 10.3. The fourth-order valence-electron chi connectivity index (χ4n) is 2.17. The van der Waals surface area contributed by atoms with Gasteiger partial charge in [-0.3, -0.25) is 9.59 Å². The van der Waals surface area contributed by atoms with Crippen LogP contribution in [0.25, 0.3) is 0 Å². The summed E-state index contributed by atoms with van der Waals surface area (Å²) in [6.07, 6.45) is 0.908. The Balaban J connectivity index is 2.85. The highest BCUT2D eigenvalue weighted by Gasteiger charge is 2.22. The first-order valence-electron chi connectivity index (χ1n) is 7.79. The standard InChI is InChI=1S/C18H27NO3/c1-13(2)10-11-19(12-15(4)18(21)22-5)17(20)16-8-6-14(3)7-9-16/h6-9,13,15H,10-12H2,1-5H3. The Hall–Kier alpha value is -1.84. The number of carbonyl (C=O) groups is 2. The van der Waals surface area contributed by atoms with Crippen molar-refractivity contribution in [3.05, 3.63) is 35.4 Å². The molecule has 1 aromatic rings. The van der Waals surface area contributed by atoms with Gasteiger partial charge in [0.2, 0.25) is 0 Å². The van der Waals surface area contributed by atoms with Crippen molar-refractivity contribution in [2.45, 2.75) is 34.1 Å². The van der Waals surface area contributed by atoms with Gasteiger partial charge in [0.1, 0.15) is 0 Å². The lowest BCUT2D eigenvalue weighted by molar-refractivity contribution is -0.145. The molecule has 0 saturated carbocycles. The number of rotatable bonds is 7. The van der Waals surface area contributed by atoms with Gasteiger partial charge in [-0.1, -0.05) is 38.5 Å². The Bertz CT molecular complexity index is 494. The van der Waals surface area contributed by atoms with Gasteiger partial charge in [0.25, 0.3) is 5.91 Å². The van der Waals surface area contributed by atoms with Gasteiger partial charge in [0.15, 0.2) is 0 Å². The Morgan fingerprint density at radius 2 is 1.73 bits per heavy atom. The predicted octanol–water partition coefficient (Wildman–Crippen LogP) is 3.29. The Kier molecular flexibility index (Phi) is 7.09. The van der Waals surface area contributed by atoms with Crippen molar-refractivity contribution in [2.24, 2.45) is 11.8 Å². The molecule has 0 aliphatic carbocycles. The van der Waals surface area contributed by atoms with Gasteiger partial charge in [0, 0.05) is 18.7 Å². The molecular weight excluding hydrogens is 278 g/mol. The van der Waals surface area contributed by atoms with Crippen molar-refractivity contribution in [2.75, 3.05) is 20.2 Å². The summed E-state index contributed by atoms with van der Waals surface area (Å²) >= 11 is 0. The summed E-state index contributed by atoms with van der Waals surface area (Å²) in [5, 5.41) is 0. The van der Waals surface area contributed by atoms with Crippen molar-refractivity contribution in [1.82, 2.24) is 4.90 Å². The lowest BCUT2D eigenvalue weighted by Crippen LogP contribution is -2.38. The molecule has 1 rings (SSSR count). The maximum absolute atomic E-state index is 12.7. The summed E-state index contributed by atoms with van der Waals surface area (Å²) in [5.41, 5.74) is 1.78.